The summed E-state index contributed by atoms with van der Waals surface area (Å²) < 4.78 is 5.31. The molecule has 6 heteroatoms. The van der Waals surface area contributed by atoms with Crippen molar-refractivity contribution in [1.29, 1.82) is 0 Å². The number of tetrazole rings is 1. The van der Waals surface area contributed by atoms with Gasteiger partial charge in [-0.2, -0.15) is 5.21 Å². The first-order chi connectivity index (χ1) is 6.84. The zero-order valence-corrected chi connectivity index (χ0v) is 7.21. The zero-order chi connectivity index (χ0) is 9.80. The molecule has 2 aromatic rings. The van der Waals surface area contributed by atoms with E-state index in [0.29, 0.717) is 11.6 Å². The summed E-state index contributed by atoms with van der Waals surface area (Å²) in [7, 11) is 0. The second-order valence-electron chi connectivity index (χ2n) is 2.61. The van der Waals surface area contributed by atoms with Gasteiger partial charge in [0.25, 0.3) is 0 Å². The number of hydrogen-bond donors (Lipinski definition) is 2. The monoisotopic (exact) mass is 192 g/mol. The Balaban J connectivity index is 1.95. The maximum absolute atomic E-state index is 9.01. The Hall–Kier alpha value is -2.11. The van der Waals surface area contributed by atoms with Crippen molar-refractivity contribution in [2.75, 3.05) is 0 Å². The summed E-state index contributed by atoms with van der Waals surface area (Å²) in [5, 5.41) is 22.2. The van der Waals surface area contributed by atoms with Crippen LogP contribution in [0.3, 0.4) is 0 Å². The quantitative estimate of drug-likeness (QED) is 0.739. The Labute approximate surface area is 79.5 Å². The van der Waals surface area contributed by atoms with E-state index in [1.165, 1.54) is 0 Å². The van der Waals surface area contributed by atoms with Crippen molar-refractivity contribution >= 4 is 0 Å². The molecule has 0 saturated heterocycles. The molecule has 0 unspecified atom stereocenters. The van der Waals surface area contributed by atoms with E-state index in [2.05, 4.69) is 20.6 Å². The number of ether oxygens (including phenoxy) is 1. The second kappa shape index (κ2) is 3.73. The second-order valence-corrected chi connectivity index (χ2v) is 2.61. The number of nitrogens with one attached hydrogen (secondary N) is 1. The molecule has 14 heavy (non-hydrogen) atoms. The van der Waals surface area contributed by atoms with Gasteiger partial charge in [0.05, 0.1) is 0 Å². The van der Waals surface area contributed by atoms with Crippen LogP contribution in [0.4, 0.5) is 0 Å². The fraction of sp³-hybridized carbons (Fsp3) is 0.125. The highest BCUT2D eigenvalue weighted by Gasteiger charge is 1.99. The van der Waals surface area contributed by atoms with Gasteiger partial charge in [-0.3, -0.25) is 0 Å². The molecule has 1 aromatic heterocycles. The normalized spacial score (nSPS) is 10.0. The molecule has 6 nitrogen and oxygen atoms in total. The van der Waals surface area contributed by atoms with Crippen molar-refractivity contribution < 1.29 is 9.84 Å². The number of aromatic hydroxyl groups is 1. The lowest BCUT2D eigenvalue weighted by Gasteiger charge is -2.02. The van der Waals surface area contributed by atoms with Crippen molar-refractivity contribution in [2.24, 2.45) is 0 Å². The third kappa shape index (κ3) is 1.98. The van der Waals surface area contributed by atoms with Crippen molar-refractivity contribution in [3.8, 4) is 11.5 Å². The molecule has 0 aliphatic rings. The van der Waals surface area contributed by atoms with Crippen LogP contribution in [0.5, 0.6) is 11.5 Å². The van der Waals surface area contributed by atoms with Crippen LogP contribution in [-0.4, -0.2) is 25.7 Å². The van der Waals surface area contributed by atoms with E-state index >= 15 is 0 Å². The predicted molar refractivity (Wildman–Crippen MR) is 46.6 cm³/mol. The Morgan fingerprint density at radius 2 is 2.07 bits per heavy atom. The molecule has 0 aliphatic carbocycles. The van der Waals surface area contributed by atoms with E-state index in [1.807, 2.05) is 0 Å². The number of hydrogen-bond acceptors (Lipinski definition) is 5. The minimum atomic E-state index is 0.205. The first-order valence-corrected chi connectivity index (χ1v) is 3.99. The van der Waals surface area contributed by atoms with Gasteiger partial charge in [-0.15, -0.1) is 10.2 Å². The number of nitrogens with zero attached hydrogens (tertiary/aromatic N) is 3. The summed E-state index contributed by atoms with van der Waals surface area (Å²) in [5.41, 5.74) is 0. The van der Waals surface area contributed by atoms with Crippen LogP contribution < -0.4 is 4.74 Å². The Bertz CT molecular complexity index is 384. The molecule has 72 valence electrons. The van der Waals surface area contributed by atoms with Gasteiger partial charge in [-0.05, 0) is 24.3 Å². The summed E-state index contributed by atoms with van der Waals surface area (Å²) in [4.78, 5) is 0. The molecule has 2 rings (SSSR count). The molecule has 0 fully saturated rings. The highest BCUT2D eigenvalue weighted by molar-refractivity contribution is 5.30. The van der Waals surface area contributed by atoms with E-state index in [9.17, 15) is 0 Å². The summed E-state index contributed by atoms with van der Waals surface area (Å²) in [6.07, 6.45) is 0. The number of aromatic nitrogens is 4. The first kappa shape index (κ1) is 8.49. The Morgan fingerprint density at radius 3 is 2.71 bits per heavy atom. The molecule has 1 aromatic carbocycles. The highest BCUT2D eigenvalue weighted by atomic mass is 16.5. The van der Waals surface area contributed by atoms with Gasteiger partial charge < -0.3 is 9.84 Å². The zero-order valence-electron chi connectivity index (χ0n) is 7.21. The van der Waals surface area contributed by atoms with Crippen molar-refractivity contribution in [3.63, 3.8) is 0 Å². The van der Waals surface area contributed by atoms with Gasteiger partial charge in [0.2, 0.25) is 5.82 Å². The van der Waals surface area contributed by atoms with Crippen molar-refractivity contribution in [1.82, 2.24) is 20.6 Å². The molecule has 0 amide bonds. The molecule has 0 bridgehead atoms. The van der Waals surface area contributed by atoms with Gasteiger partial charge in [-0.1, -0.05) is 5.21 Å². The molecule has 0 spiro atoms. The van der Waals surface area contributed by atoms with E-state index < -0.39 is 0 Å². The van der Waals surface area contributed by atoms with Gasteiger partial charge >= 0.3 is 0 Å². The number of H-pyrrole nitrogens is 1. The standard InChI is InChI=1S/C8H8N4O2/c13-6-1-3-7(4-2-6)14-5-8-9-11-12-10-8/h1-4,13H,5H2,(H,9,10,11,12). The van der Waals surface area contributed by atoms with E-state index in [-0.39, 0.29) is 12.4 Å². The lowest BCUT2D eigenvalue weighted by atomic mass is 10.3. The lowest BCUT2D eigenvalue weighted by molar-refractivity contribution is 0.295. The smallest absolute Gasteiger partial charge is 0.211 e. The van der Waals surface area contributed by atoms with Crippen LogP contribution >= 0.6 is 0 Å². The largest absolute Gasteiger partial charge is 0.508 e. The van der Waals surface area contributed by atoms with Crippen LogP contribution in [0.25, 0.3) is 0 Å². The average Bonchev–Trinajstić information content (AvgIpc) is 2.70. The number of rotatable bonds is 3. The van der Waals surface area contributed by atoms with Crippen LogP contribution in [-0.2, 0) is 6.61 Å². The number of phenolic OH excluding ortho intramolecular Hbond substituents is 1. The molecule has 2 N–H and O–H groups in total. The third-order valence-electron chi connectivity index (χ3n) is 1.59. The van der Waals surface area contributed by atoms with Crippen LogP contribution in [0.2, 0.25) is 0 Å². The van der Waals surface area contributed by atoms with Gasteiger partial charge in [-0.25, -0.2) is 0 Å². The summed E-state index contributed by atoms with van der Waals surface area (Å²) in [6.45, 7) is 0.251. The fourth-order valence-corrected chi connectivity index (χ4v) is 0.934. The molecule has 0 saturated carbocycles. The van der Waals surface area contributed by atoms with E-state index in [1.54, 1.807) is 24.3 Å². The molecule has 0 aliphatic heterocycles. The lowest BCUT2D eigenvalue weighted by Crippen LogP contribution is -1.97. The third-order valence-corrected chi connectivity index (χ3v) is 1.59. The first-order valence-electron chi connectivity index (χ1n) is 3.99. The Kier molecular flexibility index (Phi) is 2.26. The van der Waals surface area contributed by atoms with Crippen molar-refractivity contribution in [2.45, 2.75) is 6.61 Å². The van der Waals surface area contributed by atoms with Gasteiger partial charge in [0.15, 0.2) is 6.61 Å². The topological polar surface area (TPSA) is 83.9 Å². The maximum Gasteiger partial charge on any atom is 0.211 e. The summed E-state index contributed by atoms with van der Waals surface area (Å²) in [5.74, 6) is 1.34. The number of phenols is 1. The van der Waals surface area contributed by atoms with Crippen LogP contribution in [0.1, 0.15) is 5.82 Å². The number of benzene rings is 1. The molecule has 1 heterocycles. The SMILES string of the molecule is Oc1ccc(OCc2nn[nH]n2)cc1. The molecule has 0 atom stereocenters. The Morgan fingerprint density at radius 1 is 1.29 bits per heavy atom. The van der Waals surface area contributed by atoms with Crippen molar-refractivity contribution in [3.05, 3.63) is 30.1 Å². The summed E-state index contributed by atoms with van der Waals surface area (Å²) in [6, 6.07) is 6.42. The molecule has 0 radical (unpaired) electrons. The predicted octanol–water partition coefficient (Wildman–Crippen LogP) is 0.484. The minimum Gasteiger partial charge on any atom is -0.508 e. The maximum atomic E-state index is 9.01. The minimum absolute atomic E-state index is 0.205. The van der Waals surface area contributed by atoms with E-state index in [4.69, 9.17) is 9.84 Å². The van der Waals surface area contributed by atoms with Gasteiger partial charge in [0, 0.05) is 0 Å². The fourth-order valence-electron chi connectivity index (χ4n) is 0.934. The highest BCUT2D eigenvalue weighted by Crippen LogP contribution is 2.16. The van der Waals surface area contributed by atoms with Gasteiger partial charge in [0.1, 0.15) is 11.5 Å². The number of aromatic amines is 1. The van der Waals surface area contributed by atoms with Crippen LogP contribution in [0.15, 0.2) is 24.3 Å². The molecular weight excluding hydrogens is 184 g/mol. The van der Waals surface area contributed by atoms with E-state index in [0.717, 1.165) is 0 Å². The molecular formula is C8H8N4O2. The average molecular weight is 192 g/mol. The van der Waals surface area contributed by atoms with Crippen LogP contribution in [0, 0.1) is 0 Å². The summed E-state index contributed by atoms with van der Waals surface area (Å²) >= 11 is 0.